The van der Waals surface area contributed by atoms with E-state index in [1.54, 1.807) is 31.4 Å². The highest BCUT2D eigenvalue weighted by Gasteiger charge is 2.08. The zero-order valence-corrected chi connectivity index (χ0v) is 14.2. The van der Waals surface area contributed by atoms with Crippen molar-refractivity contribution < 1.29 is 13.9 Å². The number of hydrogen-bond acceptors (Lipinski definition) is 4. The van der Waals surface area contributed by atoms with Gasteiger partial charge in [-0.05, 0) is 42.5 Å². The Hall–Kier alpha value is -3.41. The number of anilines is 2. The van der Waals surface area contributed by atoms with Crippen LogP contribution in [0, 0.1) is 5.82 Å². The molecular formula is C20H18FN3O2. The Kier molecular flexibility index (Phi) is 5.43. The van der Waals surface area contributed by atoms with E-state index in [2.05, 4.69) is 15.6 Å². The maximum absolute atomic E-state index is 12.9. The van der Waals surface area contributed by atoms with Crippen molar-refractivity contribution in [3.05, 3.63) is 83.8 Å². The Bertz CT molecular complexity index is 880. The molecule has 1 heterocycles. The third-order valence-corrected chi connectivity index (χ3v) is 3.77. The molecule has 2 aromatic carbocycles. The Balaban J connectivity index is 1.60. The summed E-state index contributed by atoms with van der Waals surface area (Å²) in [7, 11) is 1.59. The van der Waals surface area contributed by atoms with Crippen molar-refractivity contribution in [3.8, 4) is 5.75 Å². The van der Waals surface area contributed by atoms with Crippen molar-refractivity contribution in [2.45, 2.75) is 6.54 Å². The number of pyridine rings is 1. The lowest BCUT2D eigenvalue weighted by Gasteiger charge is -2.10. The van der Waals surface area contributed by atoms with Crippen LogP contribution in [0.5, 0.6) is 5.75 Å². The normalized spacial score (nSPS) is 10.2. The zero-order valence-electron chi connectivity index (χ0n) is 14.2. The van der Waals surface area contributed by atoms with Crippen molar-refractivity contribution in [1.82, 2.24) is 10.3 Å². The summed E-state index contributed by atoms with van der Waals surface area (Å²) in [5.74, 6) is 0.768. The average molecular weight is 351 g/mol. The van der Waals surface area contributed by atoms with Crippen LogP contribution in [0.4, 0.5) is 15.9 Å². The van der Waals surface area contributed by atoms with Crippen LogP contribution in [0.1, 0.15) is 15.9 Å². The smallest absolute Gasteiger partial charge is 0.253 e. The predicted molar refractivity (Wildman–Crippen MR) is 98.1 cm³/mol. The summed E-state index contributed by atoms with van der Waals surface area (Å²) in [6.07, 6.45) is 1.49. The lowest BCUT2D eigenvalue weighted by Crippen LogP contribution is -2.23. The van der Waals surface area contributed by atoms with Gasteiger partial charge in [0.05, 0.1) is 12.7 Å². The van der Waals surface area contributed by atoms with Gasteiger partial charge in [0.25, 0.3) is 5.91 Å². The minimum Gasteiger partial charge on any atom is -0.496 e. The van der Waals surface area contributed by atoms with E-state index in [-0.39, 0.29) is 11.7 Å². The minimum absolute atomic E-state index is 0.225. The second-order valence-corrected chi connectivity index (χ2v) is 5.56. The molecule has 3 rings (SSSR count). The molecular weight excluding hydrogens is 333 g/mol. The van der Waals surface area contributed by atoms with E-state index < -0.39 is 0 Å². The zero-order chi connectivity index (χ0) is 18.4. The molecule has 1 amide bonds. The number of carbonyl (C=O) groups excluding carboxylic acids is 1. The molecule has 0 aliphatic carbocycles. The highest BCUT2D eigenvalue weighted by atomic mass is 19.1. The number of methoxy groups -OCH3 is 1. The SMILES string of the molecule is COc1ccccc1CNC(=O)c1ccc(Nc2ccc(F)cc2)nc1. The molecule has 0 aliphatic rings. The van der Waals surface area contributed by atoms with Crippen LogP contribution >= 0.6 is 0 Å². The Morgan fingerprint density at radius 1 is 1.08 bits per heavy atom. The van der Waals surface area contributed by atoms with Crippen LogP contribution in [-0.4, -0.2) is 18.0 Å². The first kappa shape index (κ1) is 17.4. The molecule has 0 unspecified atom stereocenters. The van der Waals surface area contributed by atoms with Crippen molar-refractivity contribution in [3.63, 3.8) is 0 Å². The van der Waals surface area contributed by atoms with E-state index in [1.807, 2.05) is 24.3 Å². The minimum atomic E-state index is -0.300. The maximum atomic E-state index is 12.9. The van der Waals surface area contributed by atoms with Crippen molar-refractivity contribution in [2.24, 2.45) is 0 Å². The number of rotatable bonds is 6. The van der Waals surface area contributed by atoms with Gasteiger partial charge in [-0.2, -0.15) is 0 Å². The first-order valence-corrected chi connectivity index (χ1v) is 8.04. The number of nitrogens with zero attached hydrogens (tertiary/aromatic N) is 1. The van der Waals surface area contributed by atoms with Gasteiger partial charge in [0, 0.05) is 24.0 Å². The van der Waals surface area contributed by atoms with Gasteiger partial charge in [0.2, 0.25) is 0 Å². The second-order valence-electron chi connectivity index (χ2n) is 5.56. The van der Waals surface area contributed by atoms with Crippen LogP contribution in [0.15, 0.2) is 66.9 Å². The van der Waals surface area contributed by atoms with E-state index in [9.17, 15) is 9.18 Å². The lowest BCUT2D eigenvalue weighted by molar-refractivity contribution is 0.0950. The summed E-state index contributed by atoms with van der Waals surface area (Å²) in [6.45, 7) is 0.360. The number of amides is 1. The standard InChI is InChI=1S/C20H18FN3O2/c1-26-18-5-3-2-4-14(18)12-23-20(25)15-6-11-19(22-13-15)24-17-9-7-16(21)8-10-17/h2-11,13H,12H2,1H3,(H,22,24)(H,23,25). The summed E-state index contributed by atoms with van der Waals surface area (Å²) >= 11 is 0. The molecule has 0 fully saturated rings. The highest BCUT2D eigenvalue weighted by molar-refractivity contribution is 5.94. The number of benzene rings is 2. The van der Waals surface area contributed by atoms with Gasteiger partial charge in [-0.15, -0.1) is 0 Å². The Labute approximate surface area is 150 Å². The van der Waals surface area contributed by atoms with Crippen LogP contribution in [0.2, 0.25) is 0 Å². The largest absolute Gasteiger partial charge is 0.496 e. The summed E-state index contributed by atoms with van der Waals surface area (Å²) in [6, 6.07) is 16.8. The number of carbonyl (C=O) groups is 1. The molecule has 2 N–H and O–H groups in total. The van der Waals surface area contributed by atoms with Gasteiger partial charge in [-0.3, -0.25) is 4.79 Å². The Morgan fingerprint density at radius 2 is 1.85 bits per heavy atom. The molecule has 0 atom stereocenters. The van der Waals surface area contributed by atoms with E-state index in [0.717, 1.165) is 11.3 Å². The van der Waals surface area contributed by atoms with Crippen LogP contribution in [-0.2, 0) is 6.54 Å². The monoisotopic (exact) mass is 351 g/mol. The van der Waals surface area contributed by atoms with Gasteiger partial charge in [0.1, 0.15) is 17.4 Å². The predicted octanol–water partition coefficient (Wildman–Crippen LogP) is 3.90. The van der Waals surface area contributed by atoms with Gasteiger partial charge in [-0.25, -0.2) is 9.37 Å². The molecule has 5 nitrogen and oxygen atoms in total. The van der Waals surface area contributed by atoms with Crippen LogP contribution in [0.25, 0.3) is 0 Å². The number of ether oxygens (including phenoxy) is 1. The first-order chi connectivity index (χ1) is 12.7. The van der Waals surface area contributed by atoms with E-state index in [0.29, 0.717) is 23.6 Å². The second kappa shape index (κ2) is 8.11. The number of hydrogen-bond donors (Lipinski definition) is 2. The average Bonchev–Trinajstić information content (AvgIpc) is 2.68. The number of halogens is 1. The molecule has 0 bridgehead atoms. The topological polar surface area (TPSA) is 63.2 Å². The van der Waals surface area contributed by atoms with Crippen LogP contribution < -0.4 is 15.4 Å². The van der Waals surface area contributed by atoms with Crippen LogP contribution in [0.3, 0.4) is 0 Å². The molecule has 0 aliphatic heterocycles. The molecule has 0 saturated heterocycles. The molecule has 1 aromatic heterocycles. The van der Waals surface area contributed by atoms with E-state index >= 15 is 0 Å². The van der Waals surface area contributed by atoms with Gasteiger partial charge < -0.3 is 15.4 Å². The molecule has 3 aromatic rings. The molecule has 132 valence electrons. The molecule has 0 radical (unpaired) electrons. The van der Waals surface area contributed by atoms with Crippen molar-refractivity contribution in [2.75, 3.05) is 12.4 Å². The lowest BCUT2D eigenvalue weighted by atomic mass is 10.2. The third-order valence-electron chi connectivity index (χ3n) is 3.77. The van der Waals surface area contributed by atoms with Crippen molar-refractivity contribution in [1.29, 1.82) is 0 Å². The van der Waals surface area contributed by atoms with E-state index in [1.165, 1.54) is 18.3 Å². The van der Waals surface area contributed by atoms with Gasteiger partial charge >= 0.3 is 0 Å². The quantitative estimate of drug-likeness (QED) is 0.707. The number of nitrogens with one attached hydrogen (secondary N) is 2. The fraction of sp³-hybridized carbons (Fsp3) is 0.100. The fourth-order valence-electron chi connectivity index (χ4n) is 2.41. The summed E-state index contributed by atoms with van der Waals surface area (Å²) < 4.78 is 18.2. The highest BCUT2D eigenvalue weighted by Crippen LogP contribution is 2.17. The molecule has 26 heavy (non-hydrogen) atoms. The molecule has 6 heteroatoms. The maximum Gasteiger partial charge on any atom is 0.253 e. The molecule has 0 spiro atoms. The number of para-hydroxylation sites is 1. The summed E-state index contributed by atoms with van der Waals surface area (Å²) in [5.41, 5.74) is 2.06. The molecule has 0 saturated carbocycles. The van der Waals surface area contributed by atoms with E-state index in [4.69, 9.17) is 4.74 Å². The summed E-state index contributed by atoms with van der Waals surface area (Å²) in [4.78, 5) is 16.5. The fourth-order valence-corrected chi connectivity index (χ4v) is 2.41. The van der Waals surface area contributed by atoms with Gasteiger partial charge in [0.15, 0.2) is 0 Å². The van der Waals surface area contributed by atoms with Gasteiger partial charge in [-0.1, -0.05) is 18.2 Å². The van der Waals surface area contributed by atoms with Crippen molar-refractivity contribution >= 4 is 17.4 Å². The third kappa shape index (κ3) is 4.36. The number of aromatic nitrogens is 1. The first-order valence-electron chi connectivity index (χ1n) is 8.04. The Morgan fingerprint density at radius 3 is 2.54 bits per heavy atom. The summed E-state index contributed by atoms with van der Waals surface area (Å²) in [5, 5.41) is 5.89.